The highest BCUT2D eigenvalue weighted by Gasteiger charge is 2.20. The van der Waals surface area contributed by atoms with Crippen molar-refractivity contribution in [1.29, 1.82) is 0 Å². The Bertz CT molecular complexity index is 413. The quantitative estimate of drug-likeness (QED) is 0.546. The molecule has 1 amide bonds. The van der Waals surface area contributed by atoms with Crippen molar-refractivity contribution in [2.45, 2.75) is 18.9 Å². The van der Waals surface area contributed by atoms with Crippen LogP contribution in [-0.2, 0) is 0 Å². The smallest absolute Gasteiger partial charge is 0.253 e. The summed E-state index contributed by atoms with van der Waals surface area (Å²) in [5.74, 6) is 5.35. The number of piperidine rings is 1. The molecule has 5 heteroatoms. The van der Waals surface area contributed by atoms with Crippen molar-refractivity contribution in [3.05, 3.63) is 29.8 Å². The zero-order valence-corrected chi connectivity index (χ0v) is 10.6. The average Bonchev–Trinajstić information content (AvgIpc) is 2.41. The van der Waals surface area contributed by atoms with E-state index >= 15 is 0 Å². The van der Waals surface area contributed by atoms with Gasteiger partial charge < -0.3 is 15.6 Å². The summed E-state index contributed by atoms with van der Waals surface area (Å²) in [6.07, 6.45) is 2.00. The summed E-state index contributed by atoms with van der Waals surface area (Å²) in [5.41, 5.74) is 3.80. The summed E-state index contributed by atoms with van der Waals surface area (Å²) in [4.78, 5) is 14.4. The van der Waals surface area contributed by atoms with Gasteiger partial charge in [0.05, 0.1) is 11.3 Å². The number of likely N-dealkylation sites (tertiary alicyclic amines) is 1. The Morgan fingerprint density at radius 3 is 2.67 bits per heavy atom. The van der Waals surface area contributed by atoms with Crippen LogP contribution >= 0.6 is 0 Å². The number of carbonyl (C=O) groups is 1. The molecule has 0 unspecified atom stereocenters. The number of benzene rings is 1. The monoisotopic (exact) mass is 248 g/mol. The molecule has 1 fully saturated rings. The van der Waals surface area contributed by atoms with E-state index in [9.17, 15) is 4.79 Å². The number of hydrogen-bond acceptors (Lipinski definition) is 4. The molecule has 0 bridgehead atoms. The van der Waals surface area contributed by atoms with E-state index in [0.717, 1.165) is 25.9 Å². The molecule has 0 spiro atoms. The van der Waals surface area contributed by atoms with Gasteiger partial charge in [0.25, 0.3) is 5.91 Å². The minimum absolute atomic E-state index is 0.0573. The average molecular weight is 248 g/mol. The number of nitrogens with two attached hydrogens (primary N) is 1. The number of hydrogen-bond donors (Lipinski definition) is 3. The van der Waals surface area contributed by atoms with Crippen molar-refractivity contribution in [2.24, 2.45) is 5.84 Å². The first-order valence-corrected chi connectivity index (χ1v) is 6.25. The molecule has 1 aliphatic rings. The summed E-state index contributed by atoms with van der Waals surface area (Å²) in [6.45, 7) is 2.06. The molecule has 0 radical (unpaired) electrons. The third-order valence-corrected chi connectivity index (χ3v) is 3.38. The minimum atomic E-state index is -0.0573. The first-order valence-electron chi connectivity index (χ1n) is 6.25. The highest BCUT2D eigenvalue weighted by Crippen LogP contribution is 2.15. The molecule has 0 atom stereocenters. The maximum Gasteiger partial charge on any atom is 0.253 e. The van der Waals surface area contributed by atoms with Crippen LogP contribution in [0.1, 0.15) is 23.2 Å². The molecule has 1 aromatic rings. The topological polar surface area (TPSA) is 70.4 Å². The van der Waals surface area contributed by atoms with Gasteiger partial charge in [-0.1, -0.05) is 12.1 Å². The van der Waals surface area contributed by atoms with Crippen LogP contribution in [0.15, 0.2) is 24.3 Å². The predicted octanol–water partition coefficient (Wildman–Crippen LogP) is 0.796. The van der Waals surface area contributed by atoms with Crippen LogP contribution in [0, 0.1) is 0 Å². The number of rotatable bonds is 3. The van der Waals surface area contributed by atoms with Crippen molar-refractivity contribution in [3.8, 4) is 0 Å². The molecule has 0 aromatic heterocycles. The van der Waals surface area contributed by atoms with Crippen LogP contribution in [0.25, 0.3) is 0 Å². The summed E-state index contributed by atoms with van der Waals surface area (Å²) < 4.78 is 0. The van der Waals surface area contributed by atoms with Crippen molar-refractivity contribution in [3.63, 3.8) is 0 Å². The van der Waals surface area contributed by atoms with Crippen LogP contribution in [0.2, 0.25) is 0 Å². The van der Waals surface area contributed by atoms with E-state index in [2.05, 4.69) is 22.7 Å². The molecule has 1 saturated heterocycles. The van der Waals surface area contributed by atoms with Crippen LogP contribution in [0.4, 0.5) is 5.69 Å². The van der Waals surface area contributed by atoms with Crippen LogP contribution in [0.5, 0.6) is 0 Å². The minimum Gasteiger partial charge on any atom is -0.349 e. The second-order valence-corrected chi connectivity index (χ2v) is 4.74. The molecule has 98 valence electrons. The zero-order valence-electron chi connectivity index (χ0n) is 10.6. The molecule has 1 heterocycles. The molecule has 1 aromatic carbocycles. The summed E-state index contributed by atoms with van der Waals surface area (Å²) in [6, 6.07) is 7.52. The van der Waals surface area contributed by atoms with Crippen LogP contribution in [0.3, 0.4) is 0 Å². The summed E-state index contributed by atoms with van der Waals surface area (Å²) in [5, 5.41) is 3.07. The predicted molar refractivity (Wildman–Crippen MR) is 72.2 cm³/mol. The molecule has 5 nitrogen and oxygen atoms in total. The van der Waals surface area contributed by atoms with E-state index in [1.807, 2.05) is 12.1 Å². The second kappa shape index (κ2) is 5.84. The van der Waals surface area contributed by atoms with Gasteiger partial charge in [0, 0.05) is 6.04 Å². The lowest BCUT2D eigenvalue weighted by molar-refractivity contribution is 0.0917. The van der Waals surface area contributed by atoms with Crippen molar-refractivity contribution in [1.82, 2.24) is 10.2 Å². The third kappa shape index (κ3) is 3.00. The number of carbonyl (C=O) groups excluding carboxylic acids is 1. The molecule has 0 saturated carbocycles. The molecular weight excluding hydrogens is 228 g/mol. The largest absolute Gasteiger partial charge is 0.349 e. The Morgan fingerprint density at radius 1 is 1.33 bits per heavy atom. The number of amides is 1. The van der Waals surface area contributed by atoms with Gasteiger partial charge >= 0.3 is 0 Å². The van der Waals surface area contributed by atoms with Crippen molar-refractivity contribution < 1.29 is 4.79 Å². The first kappa shape index (κ1) is 12.9. The Hall–Kier alpha value is -1.59. The van der Waals surface area contributed by atoms with Gasteiger partial charge in [0.2, 0.25) is 0 Å². The summed E-state index contributed by atoms with van der Waals surface area (Å²) in [7, 11) is 2.10. The van der Waals surface area contributed by atoms with Crippen molar-refractivity contribution >= 4 is 11.6 Å². The first-order chi connectivity index (χ1) is 8.70. The standard InChI is InChI=1S/C13H20N4O/c1-17-8-6-10(7-9-17)15-13(18)11-4-2-3-5-12(11)16-14/h2-5,10,16H,6-9,14H2,1H3,(H,15,18). The third-order valence-electron chi connectivity index (χ3n) is 3.38. The van der Waals surface area contributed by atoms with Gasteiger partial charge in [-0.05, 0) is 45.1 Å². The normalized spacial score (nSPS) is 17.4. The Balaban J connectivity index is 1.99. The van der Waals surface area contributed by atoms with Gasteiger partial charge in [0.15, 0.2) is 0 Å². The fourth-order valence-electron chi connectivity index (χ4n) is 2.22. The number of anilines is 1. The molecule has 4 N–H and O–H groups in total. The zero-order chi connectivity index (χ0) is 13.0. The molecular formula is C13H20N4O. The van der Waals surface area contributed by atoms with Crippen LogP contribution in [-0.4, -0.2) is 37.0 Å². The molecule has 18 heavy (non-hydrogen) atoms. The number of nitrogens with one attached hydrogen (secondary N) is 2. The van der Waals surface area contributed by atoms with Gasteiger partial charge in [-0.25, -0.2) is 0 Å². The Morgan fingerprint density at radius 2 is 2.00 bits per heavy atom. The molecule has 1 aliphatic heterocycles. The lowest BCUT2D eigenvalue weighted by Gasteiger charge is -2.29. The number of nitrogen functional groups attached to an aromatic ring is 1. The van der Waals surface area contributed by atoms with E-state index in [1.54, 1.807) is 12.1 Å². The molecule has 2 rings (SSSR count). The van der Waals surface area contributed by atoms with Gasteiger partial charge in [-0.2, -0.15) is 0 Å². The van der Waals surface area contributed by atoms with E-state index < -0.39 is 0 Å². The fraction of sp³-hybridized carbons (Fsp3) is 0.462. The lowest BCUT2D eigenvalue weighted by Crippen LogP contribution is -2.43. The van der Waals surface area contributed by atoms with Crippen molar-refractivity contribution in [2.75, 3.05) is 25.6 Å². The maximum atomic E-state index is 12.2. The number of para-hydroxylation sites is 1. The maximum absolute atomic E-state index is 12.2. The summed E-state index contributed by atoms with van der Waals surface area (Å²) >= 11 is 0. The van der Waals surface area contributed by atoms with Gasteiger partial charge in [-0.3, -0.25) is 10.6 Å². The number of nitrogens with zero attached hydrogens (tertiary/aromatic N) is 1. The van der Waals surface area contributed by atoms with E-state index in [4.69, 9.17) is 5.84 Å². The number of hydrazine groups is 1. The Kier molecular flexibility index (Phi) is 4.17. The highest BCUT2D eigenvalue weighted by atomic mass is 16.1. The van der Waals surface area contributed by atoms with Gasteiger partial charge in [0.1, 0.15) is 0 Å². The van der Waals surface area contributed by atoms with E-state index in [0.29, 0.717) is 11.3 Å². The van der Waals surface area contributed by atoms with E-state index in [-0.39, 0.29) is 11.9 Å². The Labute approximate surface area is 107 Å². The van der Waals surface area contributed by atoms with Gasteiger partial charge in [-0.15, -0.1) is 0 Å². The van der Waals surface area contributed by atoms with Crippen LogP contribution < -0.4 is 16.6 Å². The molecule has 0 aliphatic carbocycles. The fourth-order valence-corrected chi connectivity index (χ4v) is 2.22. The lowest BCUT2D eigenvalue weighted by atomic mass is 10.0. The SMILES string of the molecule is CN1CCC(NC(=O)c2ccccc2NN)CC1. The van der Waals surface area contributed by atoms with E-state index in [1.165, 1.54) is 0 Å². The second-order valence-electron chi connectivity index (χ2n) is 4.74. The highest BCUT2D eigenvalue weighted by molar-refractivity contribution is 5.99.